The molecule has 0 radical (unpaired) electrons. The predicted molar refractivity (Wildman–Crippen MR) is 92.3 cm³/mol. The molecule has 4 heterocycles. The van der Waals surface area contributed by atoms with Gasteiger partial charge in [0, 0.05) is 44.0 Å². The van der Waals surface area contributed by atoms with Crippen LogP contribution >= 0.6 is 0 Å². The Bertz CT molecular complexity index is 835. The molecule has 0 spiro atoms. The highest BCUT2D eigenvalue weighted by Gasteiger charge is 2.37. The minimum Gasteiger partial charge on any atom is -0.378 e. The third-order valence-electron chi connectivity index (χ3n) is 4.53. The number of anilines is 3. The fourth-order valence-corrected chi connectivity index (χ4v) is 2.97. The molecule has 2 aliphatic heterocycles. The highest BCUT2D eigenvalue weighted by Crippen LogP contribution is 2.36. The maximum absolute atomic E-state index is 13.5. The Labute approximate surface area is 153 Å². The molecule has 0 aromatic carbocycles. The molecule has 0 aliphatic carbocycles. The first kappa shape index (κ1) is 17.7. The highest BCUT2D eigenvalue weighted by molar-refractivity contribution is 5.67. The second-order valence-electron chi connectivity index (χ2n) is 6.34. The monoisotopic (exact) mass is 381 g/mol. The Hall–Kier alpha value is -2.69. The van der Waals surface area contributed by atoms with E-state index in [1.165, 1.54) is 0 Å². The Morgan fingerprint density at radius 2 is 1.74 bits per heavy atom. The van der Waals surface area contributed by atoms with Crippen LogP contribution in [0.25, 0.3) is 11.3 Å². The van der Waals surface area contributed by atoms with E-state index in [2.05, 4.69) is 19.9 Å². The molecular weight excluding hydrogens is 363 g/mol. The summed E-state index contributed by atoms with van der Waals surface area (Å²) in [7, 11) is 0. The van der Waals surface area contributed by atoms with Gasteiger partial charge in [-0.3, -0.25) is 0 Å². The van der Waals surface area contributed by atoms with Crippen molar-refractivity contribution in [1.29, 1.82) is 0 Å². The lowest BCUT2D eigenvalue weighted by Gasteiger charge is -2.34. The van der Waals surface area contributed by atoms with Gasteiger partial charge in [-0.15, -0.1) is 0 Å². The predicted octanol–water partition coefficient (Wildman–Crippen LogP) is 1.58. The van der Waals surface area contributed by atoms with E-state index in [9.17, 15) is 13.2 Å². The van der Waals surface area contributed by atoms with Gasteiger partial charge < -0.3 is 20.3 Å². The van der Waals surface area contributed by atoms with Gasteiger partial charge in [0.05, 0.1) is 18.9 Å². The number of hydrogen-bond acceptors (Lipinski definition) is 8. The lowest BCUT2D eigenvalue weighted by atomic mass is 10.1. The average molecular weight is 381 g/mol. The standard InChI is InChI=1S/C16H18F3N7O/c17-16(18,19)13-10(9-21-14(20)24-13)11-8-12(25-2-1-3-25)23-15(22-11)26-4-6-27-7-5-26/h8-9H,1-7H2,(H2,20,21,24). The van der Waals surface area contributed by atoms with Crippen LogP contribution in [0.2, 0.25) is 0 Å². The van der Waals surface area contributed by atoms with Crippen molar-refractivity contribution in [1.82, 2.24) is 19.9 Å². The van der Waals surface area contributed by atoms with Crippen LogP contribution in [-0.4, -0.2) is 59.3 Å². The molecule has 2 fully saturated rings. The number of aromatic nitrogens is 4. The van der Waals surface area contributed by atoms with E-state index in [1.807, 2.05) is 9.80 Å². The third-order valence-corrected chi connectivity index (χ3v) is 4.53. The minimum atomic E-state index is -4.67. The van der Waals surface area contributed by atoms with E-state index in [0.29, 0.717) is 38.1 Å². The molecule has 2 aliphatic rings. The van der Waals surface area contributed by atoms with Gasteiger partial charge in [-0.25, -0.2) is 15.0 Å². The molecule has 0 atom stereocenters. The molecule has 0 amide bonds. The summed E-state index contributed by atoms with van der Waals surface area (Å²) in [4.78, 5) is 20.0. The van der Waals surface area contributed by atoms with Crippen LogP contribution in [0.5, 0.6) is 0 Å². The lowest BCUT2D eigenvalue weighted by molar-refractivity contribution is -0.140. The topological polar surface area (TPSA) is 93.3 Å². The van der Waals surface area contributed by atoms with Gasteiger partial charge in [0.2, 0.25) is 11.9 Å². The van der Waals surface area contributed by atoms with Crippen LogP contribution in [-0.2, 0) is 10.9 Å². The number of hydrogen-bond donors (Lipinski definition) is 1. The van der Waals surface area contributed by atoms with E-state index in [1.54, 1.807) is 6.07 Å². The van der Waals surface area contributed by atoms with Crippen LogP contribution in [0.1, 0.15) is 12.1 Å². The van der Waals surface area contributed by atoms with Crippen molar-refractivity contribution >= 4 is 17.7 Å². The van der Waals surface area contributed by atoms with Crippen molar-refractivity contribution in [2.45, 2.75) is 12.6 Å². The molecular formula is C16H18F3N7O. The smallest absolute Gasteiger partial charge is 0.378 e. The van der Waals surface area contributed by atoms with Crippen molar-refractivity contribution < 1.29 is 17.9 Å². The first-order valence-corrected chi connectivity index (χ1v) is 8.58. The van der Waals surface area contributed by atoms with Crippen molar-refractivity contribution in [2.75, 3.05) is 54.9 Å². The van der Waals surface area contributed by atoms with Gasteiger partial charge in [-0.1, -0.05) is 0 Å². The number of rotatable bonds is 3. The maximum atomic E-state index is 13.5. The number of nitrogens with two attached hydrogens (primary N) is 1. The molecule has 4 rings (SSSR count). The van der Waals surface area contributed by atoms with Crippen molar-refractivity contribution in [2.24, 2.45) is 0 Å². The largest absolute Gasteiger partial charge is 0.434 e. The van der Waals surface area contributed by atoms with Gasteiger partial charge in [-0.05, 0) is 6.42 Å². The summed E-state index contributed by atoms with van der Waals surface area (Å²) >= 11 is 0. The lowest BCUT2D eigenvalue weighted by Crippen LogP contribution is -2.40. The third kappa shape index (κ3) is 3.59. The number of nitrogen functional groups attached to an aromatic ring is 1. The maximum Gasteiger partial charge on any atom is 0.434 e. The summed E-state index contributed by atoms with van der Waals surface area (Å²) in [6, 6.07) is 1.55. The number of ether oxygens (including phenoxy) is 1. The van der Waals surface area contributed by atoms with Crippen LogP contribution < -0.4 is 15.5 Å². The van der Waals surface area contributed by atoms with Crippen LogP contribution in [0.15, 0.2) is 12.3 Å². The molecule has 0 unspecified atom stereocenters. The van der Waals surface area contributed by atoms with Crippen molar-refractivity contribution in [3.05, 3.63) is 18.0 Å². The first-order chi connectivity index (χ1) is 12.9. The SMILES string of the molecule is Nc1ncc(-c2cc(N3CCC3)nc(N3CCOCC3)n2)c(C(F)(F)F)n1. The summed E-state index contributed by atoms with van der Waals surface area (Å²) < 4.78 is 45.8. The van der Waals surface area contributed by atoms with Gasteiger partial charge in [0.15, 0.2) is 5.69 Å². The molecule has 2 N–H and O–H groups in total. The number of morpholine rings is 1. The number of halogens is 3. The normalized spacial score (nSPS) is 17.7. The fraction of sp³-hybridized carbons (Fsp3) is 0.500. The molecule has 11 heteroatoms. The van der Waals surface area contributed by atoms with Gasteiger partial charge in [0.25, 0.3) is 0 Å². The second-order valence-corrected chi connectivity index (χ2v) is 6.34. The first-order valence-electron chi connectivity index (χ1n) is 8.58. The van der Waals surface area contributed by atoms with Crippen LogP contribution in [0.4, 0.5) is 30.9 Å². The molecule has 2 aromatic heterocycles. The molecule has 8 nitrogen and oxygen atoms in total. The van der Waals surface area contributed by atoms with Gasteiger partial charge in [0.1, 0.15) is 5.82 Å². The molecule has 27 heavy (non-hydrogen) atoms. The Morgan fingerprint density at radius 1 is 1.00 bits per heavy atom. The van der Waals surface area contributed by atoms with Gasteiger partial charge >= 0.3 is 6.18 Å². The summed E-state index contributed by atoms with van der Waals surface area (Å²) in [5.74, 6) is 0.539. The van der Waals surface area contributed by atoms with Gasteiger partial charge in [-0.2, -0.15) is 18.2 Å². The second kappa shape index (κ2) is 6.80. The van der Waals surface area contributed by atoms with E-state index in [4.69, 9.17) is 10.5 Å². The summed E-state index contributed by atoms with van der Waals surface area (Å²) in [6.45, 7) is 3.81. The molecule has 0 saturated carbocycles. The zero-order valence-corrected chi connectivity index (χ0v) is 14.4. The van der Waals surface area contributed by atoms with E-state index in [-0.39, 0.29) is 11.3 Å². The quantitative estimate of drug-likeness (QED) is 0.857. The summed E-state index contributed by atoms with van der Waals surface area (Å²) in [6.07, 6.45) is -2.59. The van der Waals surface area contributed by atoms with Crippen molar-refractivity contribution in [3.8, 4) is 11.3 Å². The molecule has 2 aromatic rings. The molecule has 2 saturated heterocycles. The molecule has 144 valence electrons. The fourth-order valence-electron chi connectivity index (χ4n) is 2.97. The van der Waals surface area contributed by atoms with Crippen molar-refractivity contribution in [3.63, 3.8) is 0 Å². The Morgan fingerprint density at radius 3 is 2.37 bits per heavy atom. The van der Waals surface area contributed by atoms with E-state index in [0.717, 1.165) is 25.7 Å². The number of alkyl halides is 3. The Balaban J connectivity index is 1.82. The van der Waals surface area contributed by atoms with Crippen LogP contribution in [0.3, 0.4) is 0 Å². The zero-order valence-electron chi connectivity index (χ0n) is 14.4. The average Bonchev–Trinajstić information content (AvgIpc) is 2.60. The Kier molecular flexibility index (Phi) is 4.46. The summed E-state index contributed by atoms with van der Waals surface area (Å²) in [5, 5.41) is 0. The zero-order chi connectivity index (χ0) is 19.0. The molecule has 0 bridgehead atoms. The number of nitrogens with zero attached hydrogens (tertiary/aromatic N) is 6. The van der Waals surface area contributed by atoms with E-state index < -0.39 is 17.8 Å². The summed E-state index contributed by atoms with van der Waals surface area (Å²) in [5.41, 5.74) is 4.18. The van der Waals surface area contributed by atoms with E-state index >= 15 is 0 Å². The highest BCUT2D eigenvalue weighted by atomic mass is 19.4. The van der Waals surface area contributed by atoms with Crippen LogP contribution in [0, 0.1) is 0 Å². The minimum absolute atomic E-state index is 0.126.